The summed E-state index contributed by atoms with van der Waals surface area (Å²) in [6.45, 7) is 0.697. The van der Waals surface area contributed by atoms with Crippen LogP contribution in [0.25, 0.3) is 0 Å². The van der Waals surface area contributed by atoms with Gasteiger partial charge in [0, 0.05) is 18.3 Å². The zero-order valence-corrected chi connectivity index (χ0v) is 18.8. The second kappa shape index (κ2) is 8.78. The Kier molecular flexibility index (Phi) is 6.08. The molecule has 1 aromatic heterocycles. The van der Waals surface area contributed by atoms with Gasteiger partial charge >= 0.3 is 0 Å². The Morgan fingerprint density at radius 1 is 1.13 bits per heavy atom. The van der Waals surface area contributed by atoms with Crippen molar-refractivity contribution in [3.63, 3.8) is 0 Å². The topological polar surface area (TPSA) is 84.9 Å². The third kappa shape index (κ3) is 4.95. The fraction of sp³-hybridized carbons (Fsp3) is 0.190. The van der Waals surface area contributed by atoms with Crippen LogP contribution in [0.15, 0.2) is 64.9 Å². The number of amides is 1. The predicted molar refractivity (Wildman–Crippen MR) is 120 cm³/mol. The number of rotatable bonds is 6. The molecule has 3 aromatic rings. The van der Waals surface area contributed by atoms with Gasteiger partial charge in [-0.1, -0.05) is 23.7 Å². The van der Waals surface area contributed by atoms with Gasteiger partial charge in [0.15, 0.2) is 17.6 Å². The molecule has 162 valence electrons. The van der Waals surface area contributed by atoms with E-state index in [-0.39, 0.29) is 16.2 Å². The van der Waals surface area contributed by atoms with Crippen molar-refractivity contribution in [1.29, 1.82) is 0 Å². The molecule has 0 radical (unpaired) electrons. The summed E-state index contributed by atoms with van der Waals surface area (Å²) in [6.07, 6.45) is -0.285. The standard InChI is InChI=1S/C21H19ClN2O5S2/c1-24(12-16-13-28-17-4-2-3-5-18(17)29-16)21(25)14-6-8-15(9-7-14)23-31(26,27)20-11-10-19(22)30-20/h2-11,16,23H,12-13H2,1H3. The number of carbonyl (C=O) groups excluding carboxylic acids is 1. The van der Waals surface area contributed by atoms with Crippen LogP contribution in [0, 0.1) is 0 Å². The minimum absolute atomic E-state index is 0.119. The molecule has 1 amide bonds. The van der Waals surface area contributed by atoms with Crippen molar-refractivity contribution >= 4 is 44.6 Å². The zero-order valence-electron chi connectivity index (χ0n) is 16.4. The fourth-order valence-corrected chi connectivity index (χ4v) is 5.63. The van der Waals surface area contributed by atoms with E-state index in [0.29, 0.717) is 40.2 Å². The van der Waals surface area contributed by atoms with Gasteiger partial charge in [-0.15, -0.1) is 11.3 Å². The molecule has 4 rings (SSSR count). The van der Waals surface area contributed by atoms with Gasteiger partial charge in [0.1, 0.15) is 10.8 Å². The molecule has 0 saturated heterocycles. The van der Waals surface area contributed by atoms with Crippen molar-refractivity contribution in [2.75, 3.05) is 24.9 Å². The molecule has 0 saturated carbocycles. The lowest BCUT2D eigenvalue weighted by molar-refractivity contribution is 0.0521. The molecule has 1 atom stereocenters. The summed E-state index contributed by atoms with van der Waals surface area (Å²) in [5.41, 5.74) is 0.783. The number of hydrogen-bond donors (Lipinski definition) is 1. The molecule has 0 fully saturated rings. The third-order valence-corrected chi connectivity index (χ3v) is 7.69. The van der Waals surface area contributed by atoms with Gasteiger partial charge in [0.25, 0.3) is 15.9 Å². The molecule has 1 unspecified atom stereocenters. The van der Waals surface area contributed by atoms with Crippen LogP contribution in [0.5, 0.6) is 11.5 Å². The quantitative estimate of drug-likeness (QED) is 0.576. The monoisotopic (exact) mass is 478 g/mol. The lowest BCUT2D eigenvalue weighted by Gasteiger charge is -2.29. The summed E-state index contributed by atoms with van der Waals surface area (Å²) in [4.78, 5) is 14.3. The number of carbonyl (C=O) groups is 1. The van der Waals surface area contributed by atoms with E-state index in [4.69, 9.17) is 21.1 Å². The molecular formula is C21H19ClN2O5S2. The Bertz CT molecular complexity index is 1190. The van der Waals surface area contributed by atoms with E-state index in [9.17, 15) is 13.2 Å². The van der Waals surface area contributed by atoms with Crippen LogP contribution in [0.2, 0.25) is 4.34 Å². The first kappa shape index (κ1) is 21.5. The number of para-hydroxylation sites is 2. The van der Waals surface area contributed by atoms with Gasteiger partial charge in [-0.3, -0.25) is 9.52 Å². The van der Waals surface area contributed by atoms with Gasteiger partial charge in [-0.05, 0) is 48.5 Å². The number of ether oxygens (including phenoxy) is 2. The van der Waals surface area contributed by atoms with Crippen LogP contribution >= 0.6 is 22.9 Å². The van der Waals surface area contributed by atoms with Crippen molar-refractivity contribution in [1.82, 2.24) is 4.90 Å². The maximum Gasteiger partial charge on any atom is 0.271 e. The lowest BCUT2D eigenvalue weighted by atomic mass is 10.2. The number of fused-ring (bicyclic) bond motifs is 1. The zero-order chi connectivity index (χ0) is 22.0. The number of halogens is 1. The van der Waals surface area contributed by atoms with Crippen molar-refractivity contribution in [3.8, 4) is 11.5 Å². The molecule has 1 aliphatic heterocycles. The molecule has 1 N–H and O–H groups in total. The van der Waals surface area contributed by atoms with Gasteiger partial charge in [0.05, 0.1) is 10.9 Å². The number of sulfonamides is 1. The third-order valence-electron chi connectivity index (χ3n) is 4.59. The van der Waals surface area contributed by atoms with Gasteiger partial charge in [-0.2, -0.15) is 0 Å². The Morgan fingerprint density at radius 3 is 2.52 bits per heavy atom. The van der Waals surface area contributed by atoms with Crippen molar-refractivity contribution in [2.45, 2.75) is 10.3 Å². The lowest BCUT2D eigenvalue weighted by Crippen LogP contribution is -2.41. The molecule has 31 heavy (non-hydrogen) atoms. The molecule has 0 spiro atoms. The molecule has 0 aliphatic carbocycles. The number of hydrogen-bond acceptors (Lipinski definition) is 6. The first-order valence-electron chi connectivity index (χ1n) is 9.34. The van der Waals surface area contributed by atoms with Crippen molar-refractivity contribution in [3.05, 3.63) is 70.6 Å². The second-order valence-electron chi connectivity index (χ2n) is 6.92. The molecular weight excluding hydrogens is 460 g/mol. The molecule has 10 heteroatoms. The smallest absolute Gasteiger partial charge is 0.271 e. The summed E-state index contributed by atoms with van der Waals surface area (Å²) in [5.74, 6) is 1.14. The maximum absolute atomic E-state index is 12.8. The second-order valence-corrected chi connectivity index (χ2v) is 10.5. The Hall–Kier alpha value is -2.75. The average Bonchev–Trinajstić information content (AvgIpc) is 3.21. The Labute approximate surface area is 189 Å². The Balaban J connectivity index is 1.38. The first-order chi connectivity index (χ1) is 14.8. The molecule has 7 nitrogen and oxygen atoms in total. The van der Waals surface area contributed by atoms with Crippen LogP contribution < -0.4 is 14.2 Å². The van der Waals surface area contributed by atoms with Gasteiger partial charge in [-0.25, -0.2) is 8.42 Å². The summed E-state index contributed by atoms with van der Waals surface area (Å²) >= 11 is 6.79. The van der Waals surface area contributed by atoms with E-state index in [1.54, 1.807) is 36.2 Å². The van der Waals surface area contributed by atoms with E-state index in [2.05, 4.69) is 4.72 Å². The van der Waals surface area contributed by atoms with Crippen LogP contribution in [-0.4, -0.2) is 45.5 Å². The minimum atomic E-state index is -3.73. The maximum atomic E-state index is 12.8. The van der Waals surface area contributed by atoms with Crippen LogP contribution in [-0.2, 0) is 10.0 Å². The summed E-state index contributed by atoms with van der Waals surface area (Å²) in [5, 5.41) is 0. The number of nitrogens with zero attached hydrogens (tertiary/aromatic N) is 1. The van der Waals surface area contributed by atoms with Crippen LogP contribution in [0.3, 0.4) is 0 Å². The van der Waals surface area contributed by atoms with Gasteiger partial charge < -0.3 is 14.4 Å². The minimum Gasteiger partial charge on any atom is -0.486 e. The highest BCUT2D eigenvalue weighted by Gasteiger charge is 2.24. The fourth-order valence-electron chi connectivity index (χ4n) is 3.09. The van der Waals surface area contributed by atoms with Crippen molar-refractivity contribution in [2.24, 2.45) is 0 Å². The SMILES string of the molecule is CN(CC1COc2ccccc2O1)C(=O)c1ccc(NS(=O)(=O)c2ccc(Cl)s2)cc1. The number of nitrogens with one attached hydrogen (secondary N) is 1. The molecule has 2 aromatic carbocycles. The highest BCUT2D eigenvalue weighted by atomic mass is 35.5. The van der Waals surface area contributed by atoms with E-state index in [1.807, 2.05) is 24.3 Å². The summed E-state index contributed by atoms with van der Waals surface area (Å²) < 4.78 is 39.4. The predicted octanol–water partition coefficient (Wildman–Crippen LogP) is 4.11. The largest absolute Gasteiger partial charge is 0.486 e. The highest BCUT2D eigenvalue weighted by molar-refractivity contribution is 7.94. The number of anilines is 1. The van der Waals surface area contributed by atoms with E-state index in [0.717, 1.165) is 11.3 Å². The van der Waals surface area contributed by atoms with Gasteiger partial charge in [0.2, 0.25) is 0 Å². The van der Waals surface area contributed by atoms with E-state index < -0.39 is 10.0 Å². The first-order valence-corrected chi connectivity index (χ1v) is 12.0. The Morgan fingerprint density at radius 2 is 1.84 bits per heavy atom. The number of benzene rings is 2. The van der Waals surface area contributed by atoms with Crippen molar-refractivity contribution < 1.29 is 22.7 Å². The molecule has 1 aliphatic rings. The number of likely N-dealkylation sites (N-methyl/N-ethyl adjacent to an activating group) is 1. The van der Waals surface area contributed by atoms with E-state index >= 15 is 0 Å². The molecule has 0 bridgehead atoms. The number of thiophene rings is 1. The molecule has 2 heterocycles. The van der Waals surface area contributed by atoms with E-state index in [1.165, 1.54) is 12.1 Å². The normalized spacial score (nSPS) is 15.4. The average molecular weight is 479 g/mol. The highest BCUT2D eigenvalue weighted by Crippen LogP contribution is 2.31. The summed E-state index contributed by atoms with van der Waals surface area (Å²) in [6, 6.07) is 16.6. The van der Waals surface area contributed by atoms with Crippen LogP contribution in [0.1, 0.15) is 10.4 Å². The summed E-state index contributed by atoms with van der Waals surface area (Å²) in [7, 11) is -2.04. The van der Waals surface area contributed by atoms with Crippen LogP contribution in [0.4, 0.5) is 5.69 Å².